The number of fused-ring (bicyclic) bond motifs is 1. The van der Waals surface area contributed by atoms with Crippen molar-refractivity contribution < 1.29 is 4.79 Å². The van der Waals surface area contributed by atoms with Crippen molar-refractivity contribution in [1.29, 1.82) is 0 Å². The quantitative estimate of drug-likeness (QED) is 0.732. The Morgan fingerprint density at radius 3 is 3.00 bits per heavy atom. The summed E-state index contributed by atoms with van der Waals surface area (Å²) in [6, 6.07) is 7.64. The van der Waals surface area contributed by atoms with Crippen LogP contribution in [-0.2, 0) is 11.3 Å². The zero-order chi connectivity index (χ0) is 12.3. The van der Waals surface area contributed by atoms with Gasteiger partial charge in [-0.3, -0.25) is 4.79 Å². The topological polar surface area (TPSA) is 83.8 Å². The molecule has 5 nitrogen and oxygen atoms in total. The molecule has 1 unspecified atom stereocenters. The van der Waals surface area contributed by atoms with E-state index in [1.165, 1.54) is 0 Å². The van der Waals surface area contributed by atoms with Gasteiger partial charge in [-0.05, 0) is 19.1 Å². The van der Waals surface area contributed by atoms with Crippen molar-refractivity contribution >= 4 is 16.9 Å². The zero-order valence-electron chi connectivity index (χ0n) is 9.73. The Morgan fingerprint density at radius 2 is 2.29 bits per heavy atom. The molecule has 0 spiro atoms. The van der Waals surface area contributed by atoms with Gasteiger partial charge in [0.2, 0.25) is 5.91 Å². The van der Waals surface area contributed by atoms with Crippen LogP contribution < -0.4 is 11.1 Å². The lowest BCUT2D eigenvalue weighted by Crippen LogP contribution is -2.29. The fourth-order valence-corrected chi connectivity index (χ4v) is 1.64. The van der Waals surface area contributed by atoms with Crippen LogP contribution in [0.3, 0.4) is 0 Å². The van der Waals surface area contributed by atoms with Gasteiger partial charge in [-0.1, -0.05) is 12.1 Å². The lowest BCUT2D eigenvalue weighted by atomic mass is 10.2. The lowest BCUT2D eigenvalue weighted by Gasteiger charge is -2.05. The minimum absolute atomic E-state index is 0.0551. The number of hydrogen-bond acceptors (Lipinski definition) is 3. The second-order valence-electron chi connectivity index (χ2n) is 4.16. The summed E-state index contributed by atoms with van der Waals surface area (Å²) >= 11 is 0. The predicted molar refractivity (Wildman–Crippen MR) is 66.2 cm³/mol. The van der Waals surface area contributed by atoms with Gasteiger partial charge < -0.3 is 16.0 Å². The summed E-state index contributed by atoms with van der Waals surface area (Å²) in [6.07, 6.45) is 0.334. The molecule has 5 heteroatoms. The van der Waals surface area contributed by atoms with Gasteiger partial charge in [0.15, 0.2) is 0 Å². The molecule has 1 heterocycles. The molecule has 1 atom stereocenters. The number of carbonyl (C=O) groups excluding carboxylic acids is 1. The molecular formula is C12H16N4O. The summed E-state index contributed by atoms with van der Waals surface area (Å²) in [4.78, 5) is 18.9. The molecule has 0 radical (unpaired) electrons. The number of nitrogens with two attached hydrogens (primary N) is 1. The van der Waals surface area contributed by atoms with E-state index < -0.39 is 0 Å². The van der Waals surface area contributed by atoms with Crippen molar-refractivity contribution in [2.45, 2.75) is 25.9 Å². The number of nitrogens with one attached hydrogen (secondary N) is 2. The lowest BCUT2D eigenvalue weighted by molar-refractivity contribution is -0.121. The van der Waals surface area contributed by atoms with Crippen molar-refractivity contribution in [3.63, 3.8) is 0 Å². The molecule has 0 saturated heterocycles. The van der Waals surface area contributed by atoms with Gasteiger partial charge in [-0.15, -0.1) is 0 Å². The molecule has 0 bridgehead atoms. The van der Waals surface area contributed by atoms with Crippen LogP contribution in [0.25, 0.3) is 11.0 Å². The van der Waals surface area contributed by atoms with Crippen LogP contribution in [0, 0.1) is 0 Å². The van der Waals surface area contributed by atoms with Crippen molar-refractivity contribution in [2.75, 3.05) is 0 Å². The number of amides is 1. The number of aromatic amines is 1. The number of H-pyrrole nitrogens is 1. The van der Waals surface area contributed by atoms with Crippen LogP contribution >= 0.6 is 0 Å². The van der Waals surface area contributed by atoms with E-state index in [1.54, 1.807) is 6.92 Å². The third kappa shape index (κ3) is 3.04. The highest BCUT2D eigenvalue weighted by Crippen LogP contribution is 2.09. The molecule has 0 saturated carbocycles. The molecule has 2 rings (SSSR count). The molecule has 1 amide bonds. The third-order valence-corrected chi connectivity index (χ3v) is 2.40. The second-order valence-corrected chi connectivity index (χ2v) is 4.16. The van der Waals surface area contributed by atoms with E-state index in [0.29, 0.717) is 13.0 Å². The number of rotatable bonds is 4. The minimum Gasteiger partial charge on any atom is -0.349 e. The first-order valence-electron chi connectivity index (χ1n) is 5.61. The van der Waals surface area contributed by atoms with Crippen molar-refractivity contribution in [3.8, 4) is 0 Å². The Balaban J connectivity index is 1.97. The largest absolute Gasteiger partial charge is 0.349 e. The number of hydrogen-bond donors (Lipinski definition) is 3. The van der Waals surface area contributed by atoms with Crippen LogP contribution in [0.4, 0.5) is 0 Å². The molecule has 17 heavy (non-hydrogen) atoms. The smallest absolute Gasteiger partial charge is 0.221 e. The molecule has 2 aromatic rings. The number of aromatic nitrogens is 2. The predicted octanol–water partition coefficient (Wildman–Crippen LogP) is 0.916. The van der Waals surface area contributed by atoms with Crippen LogP contribution in [0.15, 0.2) is 24.3 Å². The molecule has 0 aliphatic heterocycles. The van der Waals surface area contributed by atoms with Crippen molar-refractivity contribution in [2.24, 2.45) is 5.73 Å². The first-order valence-corrected chi connectivity index (χ1v) is 5.61. The van der Waals surface area contributed by atoms with Crippen molar-refractivity contribution in [1.82, 2.24) is 15.3 Å². The highest BCUT2D eigenvalue weighted by Gasteiger charge is 2.06. The van der Waals surface area contributed by atoms with Gasteiger partial charge in [-0.25, -0.2) is 4.98 Å². The second kappa shape index (κ2) is 4.97. The molecule has 0 fully saturated rings. The van der Waals surface area contributed by atoms with E-state index in [2.05, 4.69) is 15.3 Å². The Hall–Kier alpha value is -1.88. The summed E-state index contributed by atoms with van der Waals surface area (Å²) in [5.41, 5.74) is 7.42. The zero-order valence-corrected chi connectivity index (χ0v) is 9.73. The van der Waals surface area contributed by atoms with Gasteiger partial charge in [0, 0.05) is 12.5 Å². The third-order valence-electron chi connectivity index (χ3n) is 2.40. The Kier molecular flexibility index (Phi) is 3.39. The monoisotopic (exact) mass is 232 g/mol. The first-order chi connectivity index (χ1) is 8.15. The molecule has 1 aromatic heterocycles. The number of para-hydroxylation sites is 2. The number of nitrogens with zero attached hydrogens (tertiary/aromatic N) is 1. The minimum atomic E-state index is -0.120. The summed E-state index contributed by atoms with van der Waals surface area (Å²) in [5.74, 6) is 0.699. The highest BCUT2D eigenvalue weighted by molar-refractivity contribution is 5.77. The maximum atomic E-state index is 11.4. The fourth-order valence-electron chi connectivity index (χ4n) is 1.64. The van der Waals surface area contributed by atoms with Crippen LogP contribution in [0.2, 0.25) is 0 Å². The van der Waals surface area contributed by atoms with Gasteiger partial charge in [-0.2, -0.15) is 0 Å². The Morgan fingerprint density at radius 1 is 1.53 bits per heavy atom. The maximum absolute atomic E-state index is 11.4. The van der Waals surface area contributed by atoms with E-state index in [-0.39, 0.29) is 11.9 Å². The normalized spacial score (nSPS) is 12.6. The van der Waals surface area contributed by atoms with Crippen LogP contribution in [-0.4, -0.2) is 21.9 Å². The van der Waals surface area contributed by atoms with Gasteiger partial charge in [0.1, 0.15) is 5.82 Å². The average Bonchev–Trinajstić information content (AvgIpc) is 2.68. The highest BCUT2D eigenvalue weighted by atomic mass is 16.1. The van der Waals surface area contributed by atoms with E-state index in [0.717, 1.165) is 16.9 Å². The summed E-state index contributed by atoms with van der Waals surface area (Å²) in [7, 11) is 0. The average molecular weight is 232 g/mol. The van der Waals surface area contributed by atoms with Gasteiger partial charge in [0.05, 0.1) is 17.6 Å². The summed E-state index contributed by atoms with van der Waals surface area (Å²) in [6.45, 7) is 2.21. The van der Waals surface area contributed by atoms with E-state index >= 15 is 0 Å². The van der Waals surface area contributed by atoms with Gasteiger partial charge >= 0.3 is 0 Å². The molecule has 1 aromatic carbocycles. The number of carbonyl (C=O) groups is 1. The first kappa shape index (κ1) is 11.6. The Labute approximate surface area is 99.4 Å². The SMILES string of the molecule is CC(N)CC(=O)NCc1nc2ccccc2[nH]1. The van der Waals surface area contributed by atoms with E-state index in [9.17, 15) is 4.79 Å². The summed E-state index contributed by atoms with van der Waals surface area (Å²) < 4.78 is 0. The van der Waals surface area contributed by atoms with Gasteiger partial charge in [0.25, 0.3) is 0 Å². The molecule has 0 aliphatic rings. The fraction of sp³-hybridized carbons (Fsp3) is 0.333. The molecule has 4 N–H and O–H groups in total. The Bertz CT molecular complexity index is 485. The molecule has 0 aliphatic carbocycles. The van der Waals surface area contributed by atoms with Crippen LogP contribution in [0.1, 0.15) is 19.2 Å². The molecule has 90 valence electrons. The molecular weight excluding hydrogens is 216 g/mol. The van der Waals surface area contributed by atoms with E-state index in [1.807, 2.05) is 24.3 Å². The van der Waals surface area contributed by atoms with Crippen LogP contribution in [0.5, 0.6) is 0 Å². The maximum Gasteiger partial charge on any atom is 0.221 e. The number of imidazole rings is 1. The number of benzene rings is 1. The van der Waals surface area contributed by atoms with E-state index in [4.69, 9.17) is 5.73 Å². The standard InChI is InChI=1S/C12H16N4O/c1-8(13)6-12(17)14-7-11-15-9-4-2-3-5-10(9)16-11/h2-5,8H,6-7,13H2,1H3,(H,14,17)(H,15,16). The van der Waals surface area contributed by atoms with Crippen molar-refractivity contribution in [3.05, 3.63) is 30.1 Å². The summed E-state index contributed by atoms with van der Waals surface area (Å²) in [5, 5.41) is 2.78.